The Morgan fingerprint density at radius 2 is 1.68 bits per heavy atom. The zero-order chi connectivity index (χ0) is 14.3. The van der Waals surface area contributed by atoms with Gasteiger partial charge in [-0.25, -0.2) is 9.69 Å². The largest absolute Gasteiger partial charge is 0.507 e. The van der Waals surface area contributed by atoms with Gasteiger partial charge in [0.05, 0.1) is 5.69 Å². The number of carbonyl (C=O) groups excluding carboxylic acids is 2. The minimum absolute atomic E-state index is 0.189. The molecule has 2 rings (SSSR count). The summed E-state index contributed by atoms with van der Waals surface area (Å²) >= 11 is 0. The van der Waals surface area contributed by atoms with Crippen LogP contribution in [0.25, 0.3) is 0 Å². The molecule has 19 heavy (non-hydrogen) atoms. The van der Waals surface area contributed by atoms with Crippen molar-refractivity contribution >= 4 is 23.5 Å². The number of aromatic hydroxyl groups is 1. The number of hydrogen-bond acceptors (Lipinski definition) is 4. The van der Waals surface area contributed by atoms with E-state index in [1.54, 1.807) is 13.8 Å². The molecule has 2 atom stereocenters. The number of rotatable bonds is 2. The van der Waals surface area contributed by atoms with Gasteiger partial charge in [-0.15, -0.1) is 0 Å². The fourth-order valence-electron chi connectivity index (χ4n) is 2.04. The van der Waals surface area contributed by atoms with Crippen LogP contribution in [0.5, 0.6) is 5.75 Å². The van der Waals surface area contributed by atoms with E-state index < -0.39 is 23.6 Å². The van der Waals surface area contributed by atoms with Crippen LogP contribution in [-0.2, 0) is 9.59 Å². The zero-order valence-electron chi connectivity index (χ0n) is 10.5. The van der Waals surface area contributed by atoms with E-state index in [1.165, 1.54) is 12.1 Å². The fraction of sp³-hybridized carbons (Fsp3) is 0.308. The van der Waals surface area contributed by atoms with E-state index in [0.29, 0.717) is 0 Å². The lowest BCUT2D eigenvalue weighted by Crippen LogP contribution is -2.30. The average Bonchev–Trinajstić information content (AvgIpc) is 2.53. The molecule has 1 heterocycles. The van der Waals surface area contributed by atoms with Gasteiger partial charge >= 0.3 is 5.97 Å². The highest BCUT2D eigenvalue weighted by atomic mass is 16.4. The molecule has 0 spiro atoms. The molecule has 2 N–H and O–H groups in total. The molecule has 1 fully saturated rings. The van der Waals surface area contributed by atoms with Gasteiger partial charge in [-0.3, -0.25) is 9.59 Å². The van der Waals surface area contributed by atoms with E-state index in [4.69, 9.17) is 5.11 Å². The predicted molar refractivity (Wildman–Crippen MR) is 65.9 cm³/mol. The Kier molecular flexibility index (Phi) is 3.01. The van der Waals surface area contributed by atoms with Crippen molar-refractivity contribution in [2.45, 2.75) is 13.8 Å². The van der Waals surface area contributed by atoms with E-state index in [1.807, 2.05) is 0 Å². The SMILES string of the molecule is CC1C(=O)N(c2ccc(C(=O)O)c(O)c2)C(=O)C1C. The minimum atomic E-state index is -1.27. The number of carboxylic acid groups (broad SMARTS) is 1. The third-order valence-electron chi connectivity index (χ3n) is 3.44. The van der Waals surface area contributed by atoms with Gasteiger partial charge in [0.1, 0.15) is 11.3 Å². The van der Waals surface area contributed by atoms with Crippen LogP contribution in [0.2, 0.25) is 0 Å². The van der Waals surface area contributed by atoms with Gasteiger partial charge in [0.25, 0.3) is 0 Å². The van der Waals surface area contributed by atoms with Crippen molar-refractivity contribution in [3.8, 4) is 5.75 Å². The maximum Gasteiger partial charge on any atom is 0.339 e. The highest BCUT2D eigenvalue weighted by molar-refractivity contribution is 6.21. The zero-order valence-corrected chi connectivity index (χ0v) is 10.5. The molecule has 6 nitrogen and oxygen atoms in total. The first-order chi connectivity index (χ1) is 8.84. The lowest BCUT2D eigenvalue weighted by atomic mass is 10.00. The van der Waals surface area contributed by atoms with Gasteiger partial charge in [-0.2, -0.15) is 0 Å². The van der Waals surface area contributed by atoms with Crippen LogP contribution < -0.4 is 4.90 Å². The Balaban J connectivity index is 2.43. The van der Waals surface area contributed by atoms with Crippen molar-refractivity contribution in [2.24, 2.45) is 11.8 Å². The summed E-state index contributed by atoms with van der Waals surface area (Å²) in [5.41, 5.74) is -0.0855. The normalized spacial score (nSPS) is 22.9. The summed E-state index contributed by atoms with van der Waals surface area (Å²) in [6.45, 7) is 3.33. The molecule has 1 aliphatic heterocycles. The molecule has 0 saturated carbocycles. The molecule has 1 aromatic rings. The number of carbonyl (C=O) groups is 3. The number of amides is 2. The number of phenols is 1. The number of aromatic carboxylic acids is 1. The third-order valence-corrected chi connectivity index (χ3v) is 3.44. The highest BCUT2D eigenvalue weighted by Crippen LogP contribution is 2.33. The molecule has 1 aliphatic rings. The predicted octanol–water partition coefficient (Wildman–Crippen LogP) is 1.24. The maximum atomic E-state index is 12.0. The summed E-state index contributed by atoms with van der Waals surface area (Å²) in [5, 5.41) is 18.4. The average molecular weight is 263 g/mol. The molecule has 0 bridgehead atoms. The Bertz CT molecular complexity index is 560. The molecule has 0 aromatic heterocycles. The molecule has 0 aliphatic carbocycles. The van der Waals surface area contributed by atoms with Gasteiger partial charge in [-0.1, -0.05) is 13.8 Å². The van der Waals surface area contributed by atoms with Gasteiger partial charge < -0.3 is 10.2 Å². The van der Waals surface area contributed by atoms with Crippen molar-refractivity contribution in [3.63, 3.8) is 0 Å². The lowest BCUT2D eigenvalue weighted by Gasteiger charge is -2.15. The number of hydrogen-bond donors (Lipinski definition) is 2. The van der Waals surface area contributed by atoms with E-state index in [0.717, 1.165) is 11.0 Å². The molecule has 6 heteroatoms. The van der Waals surface area contributed by atoms with Crippen LogP contribution >= 0.6 is 0 Å². The van der Waals surface area contributed by atoms with Crippen molar-refractivity contribution < 1.29 is 24.6 Å². The molecule has 100 valence electrons. The van der Waals surface area contributed by atoms with Crippen LogP contribution in [0.15, 0.2) is 18.2 Å². The Morgan fingerprint density at radius 1 is 1.16 bits per heavy atom. The van der Waals surface area contributed by atoms with Gasteiger partial charge in [-0.05, 0) is 12.1 Å². The van der Waals surface area contributed by atoms with E-state index in [2.05, 4.69) is 0 Å². The molecule has 1 saturated heterocycles. The lowest BCUT2D eigenvalue weighted by molar-refractivity contribution is -0.122. The monoisotopic (exact) mass is 263 g/mol. The second-order valence-electron chi connectivity index (χ2n) is 4.60. The smallest absolute Gasteiger partial charge is 0.339 e. The van der Waals surface area contributed by atoms with Crippen molar-refractivity contribution in [1.29, 1.82) is 0 Å². The fourth-order valence-corrected chi connectivity index (χ4v) is 2.04. The van der Waals surface area contributed by atoms with Crippen molar-refractivity contribution in [2.75, 3.05) is 4.90 Å². The number of nitrogens with zero attached hydrogens (tertiary/aromatic N) is 1. The summed E-state index contributed by atoms with van der Waals surface area (Å²) in [4.78, 5) is 35.7. The van der Waals surface area contributed by atoms with Crippen LogP contribution in [0.3, 0.4) is 0 Å². The number of benzene rings is 1. The standard InChI is InChI=1S/C13H13NO5/c1-6-7(2)12(17)14(11(6)16)8-3-4-9(13(18)19)10(15)5-8/h3-7,15H,1-2H3,(H,18,19). The molecular weight excluding hydrogens is 250 g/mol. The second kappa shape index (κ2) is 4.38. The summed E-state index contributed by atoms with van der Waals surface area (Å²) in [6.07, 6.45) is 0. The molecule has 0 radical (unpaired) electrons. The third kappa shape index (κ3) is 1.95. The summed E-state index contributed by atoms with van der Waals surface area (Å²) in [5.74, 6) is -3.29. The van der Waals surface area contributed by atoms with Crippen LogP contribution in [0, 0.1) is 11.8 Å². The molecule has 2 unspecified atom stereocenters. The first-order valence-electron chi connectivity index (χ1n) is 5.78. The van der Waals surface area contributed by atoms with Crippen LogP contribution in [-0.4, -0.2) is 28.0 Å². The first-order valence-corrected chi connectivity index (χ1v) is 5.78. The van der Waals surface area contributed by atoms with Gasteiger partial charge in [0, 0.05) is 17.9 Å². The first kappa shape index (κ1) is 13.1. The summed E-state index contributed by atoms with van der Waals surface area (Å²) in [7, 11) is 0. The number of imide groups is 1. The van der Waals surface area contributed by atoms with E-state index >= 15 is 0 Å². The molecule has 2 amide bonds. The number of anilines is 1. The van der Waals surface area contributed by atoms with Gasteiger partial charge in [0.2, 0.25) is 11.8 Å². The van der Waals surface area contributed by atoms with Crippen molar-refractivity contribution in [3.05, 3.63) is 23.8 Å². The molecule has 1 aromatic carbocycles. The Morgan fingerprint density at radius 3 is 2.11 bits per heavy atom. The highest BCUT2D eigenvalue weighted by Gasteiger charge is 2.43. The number of carboxylic acids is 1. The maximum absolute atomic E-state index is 12.0. The summed E-state index contributed by atoms with van der Waals surface area (Å²) < 4.78 is 0. The quantitative estimate of drug-likeness (QED) is 0.783. The topological polar surface area (TPSA) is 94.9 Å². The van der Waals surface area contributed by atoms with E-state index in [9.17, 15) is 19.5 Å². The van der Waals surface area contributed by atoms with E-state index in [-0.39, 0.29) is 23.1 Å². The van der Waals surface area contributed by atoms with Crippen molar-refractivity contribution in [1.82, 2.24) is 0 Å². The van der Waals surface area contributed by atoms with Crippen LogP contribution in [0.4, 0.5) is 5.69 Å². The summed E-state index contributed by atoms with van der Waals surface area (Å²) in [6, 6.07) is 3.62. The van der Waals surface area contributed by atoms with Gasteiger partial charge in [0.15, 0.2) is 0 Å². The second-order valence-corrected chi connectivity index (χ2v) is 4.60. The minimum Gasteiger partial charge on any atom is -0.507 e. The van der Waals surface area contributed by atoms with Crippen LogP contribution in [0.1, 0.15) is 24.2 Å². The molecular formula is C13H13NO5. The Labute approximate surface area is 109 Å². The Hall–Kier alpha value is -2.37.